The molecule has 0 atom stereocenters. The number of carbonyl (C=O) groups is 2. The predicted octanol–water partition coefficient (Wildman–Crippen LogP) is 3.47. The lowest BCUT2D eigenvalue weighted by molar-refractivity contribution is -0.115. The highest BCUT2D eigenvalue weighted by Crippen LogP contribution is 2.20. The molecule has 0 aliphatic heterocycles. The summed E-state index contributed by atoms with van der Waals surface area (Å²) in [6.07, 6.45) is 0. The van der Waals surface area contributed by atoms with Gasteiger partial charge in [0.15, 0.2) is 11.5 Å². The highest BCUT2D eigenvalue weighted by molar-refractivity contribution is 5.98. The van der Waals surface area contributed by atoms with Crippen LogP contribution in [0.25, 0.3) is 11.3 Å². The van der Waals surface area contributed by atoms with Gasteiger partial charge in [-0.15, -0.1) is 0 Å². The second kappa shape index (κ2) is 7.82. The molecule has 2 amide bonds. The molecule has 0 fully saturated rings. The molecule has 0 saturated carbocycles. The predicted molar refractivity (Wildman–Crippen MR) is 98.8 cm³/mol. The van der Waals surface area contributed by atoms with Gasteiger partial charge in [0, 0.05) is 17.3 Å². The van der Waals surface area contributed by atoms with E-state index in [1.165, 1.54) is 30.3 Å². The molecule has 1 aromatic heterocycles. The van der Waals surface area contributed by atoms with Crippen LogP contribution >= 0.6 is 0 Å². The first-order valence-electron chi connectivity index (χ1n) is 8.30. The lowest BCUT2D eigenvalue weighted by atomic mass is 10.1. The van der Waals surface area contributed by atoms with Crippen LogP contribution in [-0.4, -0.2) is 23.5 Å². The molecule has 6 nitrogen and oxygen atoms in total. The molecule has 0 radical (unpaired) electrons. The monoisotopic (exact) mass is 367 g/mol. The molecule has 0 bridgehead atoms. The molecule has 0 aliphatic rings. The summed E-state index contributed by atoms with van der Waals surface area (Å²) in [5.74, 6) is -0.929. The Morgan fingerprint density at radius 2 is 1.78 bits per heavy atom. The fourth-order valence-corrected chi connectivity index (χ4v) is 2.41. The SMILES string of the molecule is Cc1ccc(NC(=O)CNC(=O)c2cc(-c3ccc(F)cc3)on2)cc1C. The smallest absolute Gasteiger partial charge is 0.273 e. The van der Waals surface area contributed by atoms with Crippen LogP contribution in [0, 0.1) is 19.7 Å². The summed E-state index contributed by atoms with van der Waals surface area (Å²) in [6.45, 7) is 3.74. The fourth-order valence-electron chi connectivity index (χ4n) is 2.41. The molecule has 7 heteroatoms. The van der Waals surface area contributed by atoms with E-state index in [-0.39, 0.29) is 24.0 Å². The number of carbonyl (C=O) groups excluding carboxylic acids is 2. The molecule has 0 unspecified atom stereocenters. The van der Waals surface area contributed by atoms with E-state index in [1.807, 2.05) is 26.0 Å². The third-order valence-corrected chi connectivity index (χ3v) is 4.07. The van der Waals surface area contributed by atoms with E-state index >= 15 is 0 Å². The Hall–Kier alpha value is -3.48. The van der Waals surface area contributed by atoms with E-state index in [1.54, 1.807) is 6.07 Å². The number of anilines is 1. The zero-order valence-corrected chi connectivity index (χ0v) is 14.9. The molecule has 27 heavy (non-hydrogen) atoms. The molecular weight excluding hydrogens is 349 g/mol. The lowest BCUT2D eigenvalue weighted by Crippen LogP contribution is -2.33. The average Bonchev–Trinajstić information content (AvgIpc) is 3.13. The molecular formula is C20H18FN3O3. The summed E-state index contributed by atoms with van der Waals surface area (Å²) in [4.78, 5) is 24.1. The van der Waals surface area contributed by atoms with Gasteiger partial charge in [-0.25, -0.2) is 4.39 Å². The Kier molecular flexibility index (Phi) is 5.30. The molecule has 3 aromatic rings. The number of benzene rings is 2. The lowest BCUT2D eigenvalue weighted by Gasteiger charge is -2.08. The number of hydrogen-bond donors (Lipinski definition) is 2. The van der Waals surface area contributed by atoms with Crippen LogP contribution in [0.4, 0.5) is 10.1 Å². The fraction of sp³-hybridized carbons (Fsp3) is 0.150. The minimum Gasteiger partial charge on any atom is -0.355 e. The van der Waals surface area contributed by atoms with Crippen molar-refractivity contribution >= 4 is 17.5 Å². The molecule has 0 aliphatic carbocycles. The van der Waals surface area contributed by atoms with Crippen LogP contribution in [0.1, 0.15) is 21.6 Å². The quantitative estimate of drug-likeness (QED) is 0.723. The van der Waals surface area contributed by atoms with Crippen molar-refractivity contribution in [1.82, 2.24) is 10.5 Å². The number of aromatic nitrogens is 1. The number of nitrogens with one attached hydrogen (secondary N) is 2. The van der Waals surface area contributed by atoms with Crippen molar-refractivity contribution in [1.29, 1.82) is 0 Å². The Balaban J connectivity index is 1.56. The van der Waals surface area contributed by atoms with Crippen LogP contribution in [0.3, 0.4) is 0 Å². The standard InChI is InChI=1S/C20H18FN3O3/c1-12-3-8-16(9-13(12)2)23-19(25)11-22-20(26)17-10-18(27-24-17)14-4-6-15(21)7-5-14/h3-10H,11H2,1-2H3,(H,22,26)(H,23,25). The molecule has 2 N–H and O–H groups in total. The van der Waals surface area contributed by atoms with Gasteiger partial charge in [-0.3, -0.25) is 9.59 Å². The summed E-state index contributed by atoms with van der Waals surface area (Å²) in [5, 5.41) is 8.89. The summed E-state index contributed by atoms with van der Waals surface area (Å²) in [5.41, 5.74) is 3.48. The Morgan fingerprint density at radius 1 is 1.04 bits per heavy atom. The van der Waals surface area contributed by atoms with Crippen molar-refractivity contribution in [2.75, 3.05) is 11.9 Å². The molecule has 0 spiro atoms. The van der Waals surface area contributed by atoms with Gasteiger partial charge in [-0.1, -0.05) is 11.2 Å². The van der Waals surface area contributed by atoms with E-state index in [2.05, 4.69) is 15.8 Å². The van der Waals surface area contributed by atoms with Crippen LogP contribution in [-0.2, 0) is 4.79 Å². The molecule has 3 rings (SSSR count). The maximum Gasteiger partial charge on any atom is 0.273 e. The first kappa shape index (κ1) is 18.3. The zero-order chi connectivity index (χ0) is 19.4. The number of aryl methyl sites for hydroxylation is 2. The van der Waals surface area contributed by atoms with Gasteiger partial charge < -0.3 is 15.2 Å². The number of hydrogen-bond acceptors (Lipinski definition) is 4. The molecule has 0 saturated heterocycles. The highest BCUT2D eigenvalue weighted by Gasteiger charge is 2.15. The topological polar surface area (TPSA) is 84.2 Å². The van der Waals surface area contributed by atoms with Crippen LogP contribution in [0.2, 0.25) is 0 Å². The van der Waals surface area contributed by atoms with Crippen molar-refractivity contribution < 1.29 is 18.5 Å². The van der Waals surface area contributed by atoms with Gasteiger partial charge in [0.1, 0.15) is 5.82 Å². The van der Waals surface area contributed by atoms with E-state index in [0.717, 1.165) is 11.1 Å². The van der Waals surface area contributed by atoms with Gasteiger partial charge in [0.2, 0.25) is 5.91 Å². The van der Waals surface area contributed by atoms with Crippen LogP contribution in [0.5, 0.6) is 0 Å². The van der Waals surface area contributed by atoms with E-state index in [9.17, 15) is 14.0 Å². The maximum absolute atomic E-state index is 13.0. The maximum atomic E-state index is 13.0. The second-order valence-corrected chi connectivity index (χ2v) is 6.11. The normalized spacial score (nSPS) is 10.5. The highest BCUT2D eigenvalue weighted by atomic mass is 19.1. The summed E-state index contributed by atoms with van der Waals surface area (Å²) in [6, 6.07) is 12.6. The van der Waals surface area contributed by atoms with Crippen LogP contribution < -0.4 is 10.6 Å². The first-order chi connectivity index (χ1) is 12.9. The minimum atomic E-state index is -0.539. The summed E-state index contributed by atoms with van der Waals surface area (Å²) in [7, 11) is 0. The van der Waals surface area contributed by atoms with Crippen molar-refractivity contribution in [3.63, 3.8) is 0 Å². The third-order valence-electron chi connectivity index (χ3n) is 4.07. The number of rotatable bonds is 5. The Labute approximate surface area is 155 Å². The second-order valence-electron chi connectivity index (χ2n) is 6.11. The number of nitrogens with zero attached hydrogens (tertiary/aromatic N) is 1. The summed E-state index contributed by atoms with van der Waals surface area (Å²) < 4.78 is 18.1. The van der Waals surface area contributed by atoms with Gasteiger partial charge in [0.05, 0.1) is 6.54 Å². The Morgan fingerprint density at radius 3 is 2.48 bits per heavy atom. The first-order valence-corrected chi connectivity index (χ1v) is 8.30. The number of halogens is 1. The van der Waals surface area contributed by atoms with Crippen molar-refractivity contribution in [2.24, 2.45) is 0 Å². The molecule has 138 valence electrons. The average molecular weight is 367 g/mol. The molecule has 1 heterocycles. The van der Waals surface area contributed by atoms with Crippen LogP contribution in [0.15, 0.2) is 53.1 Å². The van der Waals surface area contributed by atoms with E-state index in [4.69, 9.17) is 4.52 Å². The zero-order valence-electron chi connectivity index (χ0n) is 14.9. The van der Waals surface area contributed by atoms with Gasteiger partial charge >= 0.3 is 0 Å². The minimum absolute atomic E-state index is 0.0355. The van der Waals surface area contributed by atoms with Gasteiger partial charge in [-0.2, -0.15) is 0 Å². The van der Waals surface area contributed by atoms with Gasteiger partial charge in [0.25, 0.3) is 5.91 Å². The van der Waals surface area contributed by atoms with Crippen molar-refractivity contribution in [2.45, 2.75) is 13.8 Å². The summed E-state index contributed by atoms with van der Waals surface area (Å²) >= 11 is 0. The van der Waals surface area contributed by atoms with E-state index in [0.29, 0.717) is 17.0 Å². The van der Waals surface area contributed by atoms with E-state index < -0.39 is 5.91 Å². The Bertz CT molecular complexity index is 980. The van der Waals surface area contributed by atoms with Gasteiger partial charge in [-0.05, 0) is 61.4 Å². The third kappa shape index (κ3) is 4.58. The van der Waals surface area contributed by atoms with Crippen molar-refractivity contribution in [3.05, 3.63) is 71.2 Å². The van der Waals surface area contributed by atoms with Crippen molar-refractivity contribution in [3.8, 4) is 11.3 Å². The molecule has 2 aromatic carbocycles. The largest absolute Gasteiger partial charge is 0.355 e. The number of amides is 2.